The lowest BCUT2D eigenvalue weighted by Crippen LogP contribution is -2.39. The van der Waals surface area contributed by atoms with Gasteiger partial charge in [-0.05, 0) is 18.8 Å². The summed E-state index contributed by atoms with van der Waals surface area (Å²) in [5.74, 6) is 0.303. The fourth-order valence-corrected chi connectivity index (χ4v) is 4.69. The molecule has 0 aromatic carbocycles. The quantitative estimate of drug-likeness (QED) is 0.579. The van der Waals surface area contributed by atoms with E-state index in [2.05, 4.69) is 22.9 Å². The fraction of sp³-hybridized carbons (Fsp3) is 0.833. The van der Waals surface area contributed by atoms with Crippen molar-refractivity contribution in [3.05, 3.63) is 0 Å². The number of carbonyl (C=O) groups excluding carboxylic acids is 2. The summed E-state index contributed by atoms with van der Waals surface area (Å²) in [4.78, 5) is 23.0. The molecule has 2 bridgehead atoms. The van der Waals surface area contributed by atoms with Crippen LogP contribution < -0.4 is 0 Å². The first kappa shape index (κ1) is 12.1. The van der Waals surface area contributed by atoms with Gasteiger partial charge in [-0.25, -0.2) is 0 Å². The van der Waals surface area contributed by atoms with E-state index in [0.29, 0.717) is 12.5 Å². The van der Waals surface area contributed by atoms with Crippen LogP contribution in [0.4, 0.5) is 0 Å². The normalized spacial score (nSPS) is 46.1. The van der Waals surface area contributed by atoms with E-state index in [-0.39, 0.29) is 27.4 Å². The third kappa shape index (κ3) is 1.31. The van der Waals surface area contributed by atoms with E-state index in [1.165, 1.54) is 6.92 Å². The number of ether oxygens (including phenoxy) is 1. The van der Waals surface area contributed by atoms with Crippen molar-refractivity contribution in [2.45, 2.75) is 38.4 Å². The Balaban J connectivity index is 2.28. The van der Waals surface area contributed by atoms with Gasteiger partial charge in [0.2, 0.25) is 0 Å². The topological polar surface area (TPSA) is 43.4 Å². The van der Waals surface area contributed by atoms with Crippen LogP contribution in [-0.2, 0) is 14.3 Å². The number of fused-ring (bicyclic) bond motifs is 2. The van der Waals surface area contributed by atoms with Crippen molar-refractivity contribution in [3.63, 3.8) is 0 Å². The highest BCUT2D eigenvalue weighted by Crippen LogP contribution is 2.65. The van der Waals surface area contributed by atoms with Crippen LogP contribution in [0.25, 0.3) is 0 Å². The van der Waals surface area contributed by atoms with Gasteiger partial charge < -0.3 is 4.74 Å². The third-order valence-electron chi connectivity index (χ3n) is 4.76. The fourth-order valence-electron chi connectivity index (χ4n) is 3.34. The first-order chi connectivity index (χ1) is 7.33. The van der Waals surface area contributed by atoms with E-state index < -0.39 is 0 Å². The number of rotatable bonds is 2. The van der Waals surface area contributed by atoms with Crippen LogP contribution in [0, 0.1) is 16.7 Å². The van der Waals surface area contributed by atoms with E-state index in [1.807, 2.05) is 6.92 Å². The summed E-state index contributed by atoms with van der Waals surface area (Å²) < 4.78 is 5.16. The number of Topliss-reactive ketones (excluding diaryl/α,β-unsaturated/α-hetero) is 1. The molecule has 0 aromatic rings. The zero-order valence-electron chi connectivity index (χ0n) is 9.88. The molecular weight excluding hydrogens is 272 g/mol. The molecule has 16 heavy (non-hydrogen) atoms. The van der Waals surface area contributed by atoms with Gasteiger partial charge in [0.05, 0.1) is 11.4 Å². The number of hydrogen-bond acceptors (Lipinski definition) is 3. The Morgan fingerprint density at radius 1 is 1.56 bits per heavy atom. The number of alkyl halides is 1. The number of ketones is 1. The van der Waals surface area contributed by atoms with Crippen molar-refractivity contribution in [2.75, 3.05) is 6.61 Å². The smallest absolute Gasteiger partial charge is 0.302 e. The van der Waals surface area contributed by atoms with E-state index in [4.69, 9.17) is 4.74 Å². The summed E-state index contributed by atoms with van der Waals surface area (Å²) >= 11 is 3.49. The molecule has 2 aliphatic carbocycles. The summed E-state index contributed by atoms with van der Waals surface area (Å²) in [6.07, 6.45) is 1.95. The summed E-state index contributed by atoms with van der Waals surface area (Å²) in [5, 5.41) is 0. The second kappa shape index (κ2) is 3.56. The first-order valence-corrected chi connectivity index (χ1v) is 6.56. The molecule has 2 saturated carbocycles. The summed E-state index contributed by atoms with van der Waals surface area (Å²) in [6.45, 7) is 5.86. The van der Waals surface area contributed by atoms with Crippen LogP contribution in [0.3, 0.4) is 0 Å². The SMILES string of the molecule is CC(=O)OCC1(C)C2CCC1(C)C(=O)C2Br. The van der Waals surface area contributed by atoms with Crippen molar-refractivity contribution < 1.29 is 14.3 Å². The minimum absolute atomic E-state index is 0.0631. The first-order valence-electron chi connectivity index (χ1n) is 5.65. The average Bonchev–Trinajstić information content (AvgIpc) is 2.54. The monoisotopic (exact) mass is 288 g/mol. The van der Waals surface area contributed by atoms with Crippen LogP contribution in [0.5, 0.6) is 0 Å². The van der Waals surface area contributed by atoms with Gasteiger partial charge in [-0.3, -0.25) is 9.59 Å². The molecule has 0 radical (unpaired) electrons. The average molecular weight is 289 g/mol. The standard InChI is InChI=1S/C12H17BrO3/c1-7(14)16-6-12(3)8-4-5-11(12,2)10(15)9(8)13/h8-9H,4-6H2,1-3H3. The maximum absolute atomic E-state index is 12.2. The summed E-state index contributed by atoms with van der Waals surface area (Å²) in [5.41, 5.74) is -0.537. The molecule has 90 valence electrons. The van der Waals surface area contributed by atoms with E-state index >= 15 is 0 Å². The molecule has 0 N–H and O–H groups in total. The molecule has 2 aliphatic rings. The van der Waals surface area contributed by atoms with Gasteiger partial charge in [-0.15, -0.1) is 0 Å². The molecule has 0 amide bonds. The van der Waals surface area contributed by atoms with Gasteiger partial charge >= 0.3 is 5.97 Å². The maximum Gasteiger partial charge on any atom is 0.302 e. The molecule has 4 atom stereocenters. The lowest BCUT2D eigenvalue weighted by molar-refractivity contribution is -0.148. The Morgan fingerprint density at radius 2 is 2.19 bits per heavy atom. The Hall–Kier alpha value is -0.380. The molecule has 4 unspecified atom stereocenters. The molecule has 4 heteroatoms. The molecule has 0 heterocycles. The van der Waals surface area contributed by atoms with E-state index in [0.717, 1.165) is 12.8 Å². The zero-order chi connectivity index (χ0) is 12.1. The van der Waals surface area contributed by atoms with Crippen LogP contribution in [0.2, 0.25) is 0 Å². The highest BCUT2D eigenvalue weighted by atomic mass is 79.9. The highest BCUT2D eigenvalue weighted by Gasteiger charge is 2.68. The molecule has 0 saturated heterocycles. The number of esters is 1. The molecule has 0 aliphatic heterocycles. The highest BCUT2D eigenvalue weighted by molar-refractivity contribution is 9.10. The molecule has 2 rings (SSSR count). The predicted octanol–water partition coefficient (Wildman–Crippen LogP) is 2.32. The Bertz CT molecular complexity index is 354. The molecular formula is C12H17BrO3. The lowest BCUT2D eigenvalue weighted by Gasteiger charge is -2.35. The summed E-state index contributed by atoms with van der Waals surface area (Å²) in [7, 11) is 0. The van der Waals surface area contributed by atoms with Crippen molar-refractivity contribution in [1.82, 2.24) is 0 Å². The van der Waals surface area contributed by atoms with Crippen molar-refractivity contribution in [3.8, 4) is 0 Å². The number of hydrogen-bond donors (Lipinski definition) is 0. The van der Waals surface area contributed by atoms with Gasteiger partial charge in [0, 0.05) is 17.8 Å². The Kier molecular flexibility index (Phi) is 2.69. The minimum atomic E-state index is -0.332. The van der Waals surface area contributed by atoms with Crippen LogP contribution in [-0.4, -0.2) is 23.2 Å². The zero-order valence-corrected chi connectivity index (χ0v) is 11.5. The molecule has 0 aromatic heterocycles. The number of halogens is 1. The third-order valence-corrected chi connectivity index (χ3v) is 5.81. The second-order valence-corrected chi connectivity index (χ2v) is 6.43. The van der Waals surface area contributed by atoms with E-state index in [9.17, 15) is 9.59 Å². The molecule has 2 fully saturated rings. The Labute approximate surface area is 104 Å². The molecule has 0 spiro atoms. The van der Waals surface area contributed by atoms with Gasteiger partial charge in [0.15, 0.2) is 5.78 Å². The van der Waals surface area contributed by atoms with Crippen LogP contribution in [0.15, 0.2) is 0 Å². The molecule has 3 nitrogen and oxygen atoms in total. The largest absolute Gasteiger partial charge is 0.465 e. The van der Waals surface area contributed by atoms with Crippen LogP contribution >= 0.6 is 15.9 Å². The second-order valence-electron chi connectivity index (χ2n) is 5.44. The van der Waals surface area contributed by atoms with E-state index in [1.54, 1.807) is 0 Å². The maximum atomic E-state index is 12.2. The van der Waals surface area contributed by atoms with Gasteiger partial charge in [0.25, 0.3) is 0 Å². The van der Waals surface area contributed by atoms with Crippen molar-refractivity contribution in [1.29, 1.82) is 0 Å². The van der Waals surface area contributed by atoms with Crippen LogP contribution in [0.1, 0.15) is 33.6 Å². The van der Waals surface area contributed by atoms with Gasteiger partial charge in [-0.1, -0.05) is 29.8 Å². The van der Waals surface area contributed by atoms with Gasteiger partial charge in [-0.2, -0.15) is 0 Å². The van der Waals surface area contributed by atoms with Crippen molar-refractivity contribution in [2.24, 2.45) is 16.7 Å². The predicted molar refractivity (Wildman–Crippen MR) is 63.3 cm³/mol. The summed E-state index contributed by atoms with van der Waals surface area (Å²) in [6, 6.07) is 0. The van der Waals surface area contributed by atoms with Gasteiger partial charge in [0.1, 0.15) is 0 Å². The number of carbonyl (C=O) groups is 2. The minimum Gasteiger partial charge on any atom is -0.465 e. The Morgan fingerprint density at radius 3 is 2.62 bits per heavy atom. The van der Waals surface area contributed by atoms with Crippen molar-refractivity contribution >= 4 is 27.7 Å². The lowest BCUT2D eigenvalue weighted by atomic mass is 9.69.